The minimum Gasteiger partial charge on any atom is -0.479 e. The van der Waals surface area contributed by atoms with E-state index in [1.165, 1.54) is 6.07 Å². The molecule has 0 spiro atoms. The second-order valence-corrected chi connectivity index (χ2v) is 3.99. The van der Waals surface area contributed by atoms with E-state index in [9.17, 15) is 18.4 Å². The minimum absolute atomic E-state index is 0.0504. The van der Waals surface area contributed by atoms with Crippen LogP contribution in [-0.2, 0) is 11.3 Å². The highest BCUT2D eigenvalue weighted by molar-refractivity contribution is 5.74. The highest BCUT2D eigenvalue weighted by Crippen LogP contribution is 2.08. The van der Waals surface area contributed by atoms with Crippen molar-refractivity contribution in [2.24, 2.45) is 0 Å². The Balaban J connectivity index is 2.31. The van der Waals surface area contributed by atoms with Gasteiger partial charge in [0.05, 0.1) is 0 Å². The molecule has 1 aromatic rings. The molecular formula is C12H14F2N2O4. The van der Waals surface area contributed by atoms with Gasteiger partial charge in [-0.05, 0) is 6.07 Å². The molecule has 0 aliphatic heterocycles. The van der Waals surface area contributed by atoms with Crippen LogP contribution in [0.15, 0.2) is 18.2 Å². The quantitative estimate of drug-likeness (QED) is 0.616. The van der Waals surface area contributed by atoms with E-state index in [2.05, 4.69) is 10.6 Å². The van der Waals surface area contributed by atoms with E-state index in [1.807, 2.05) is 0 Å². The molecule has 0 radical (unpaired) electrons. The number of aliphatic hydroxyl groups is 1. The highest BCUT2D eigenvalue weighted by atomic mass is 19.1. The molecule has 2 amide bonds. The Hall–Kier alpha value is -2.22. The fourth-order valence-corrected chi connectivity index (χ4v) is 1.35. The van der Waals surface area contributed by atoms with Crippen LogP contribution in [-0.4, -0.2) is 34.9 Å². The Kier molecular flexibility index (Phi) is 5.85. The Labute approximate surface area is 113 Å². The minimum atomic E-state index is -1.55. The lowest BCUT2D eigenvalue weighted by Crippen LogP contribution is -2.37. The van der Waals surface area contributed by atoms with E-state index < -0.39 is 29.7 Å². The van der Waals surface area contributed by atoms with Crippen LogP contribution in [0.1, 0.15) is 12.0 Å². The van der Waals surface area contributed by atoms with Gasteiger partial charge in [0.2, 0.25) is 0 Å². The van der Waals surface area contributed by atoms with Gasteiger partial charge in [0.25, 0.3) is 0 Å². The molecule has 4 N–H and O–H groups in total. The lowest BCUT2D eigenvalue weighted by molar-refractivity contribution is -0.146. The van der Waals surface area contributed by atoms with Crippen molar-refractivity contribution < 1.29 is 28.6 Å². The standard InChI is InChI=1S/C12H14F2N2O4/c13-8-2-1-7(9(14)5-8)6-16-12(20)15-4-3-10(17)11(18)19/h1-2,5,10,17H,3-4,6H2,(H,18,19)(H2,15,16,20). The molecule has 20 heavy (non-hydrogen) atoms. The zero-order valence-corrected chi connectivity index (χ0v) is 10.4. The van der Waals surface area contributed by atoms with Gasteiger partial charge >= 0.3 is 12.0 Å². The van der Waals surface area contributed by atoms with Crippen LogP contribution in [0.4, 0.5) is 13.6 Å². The predicted octanol–water partition coefficient (Wildman–Crippen LogP) is 0.600. The Morgan fingerprint density at radius 3 is 2.55 bits per heavy atom. The van der Waals surface area contributed by atoms with Crippen LogP contribution in [0.25, 0.3) is 0 Å². The molecule has 1 unspecified atom stereocenters. The molecule has 110 valence electrons. The normalized spacial score (nSPS) is 11.8. The average Bonchev–Trinajstić information content (AvgIpc) is 2.37. The lowest BCUT2D eigenvalue weighted by atomic mass is 10.2. The fraction of sp³-hybridized carbons (Fsp3) is 0.333. The van der Waals surface area contributed by atoms with Crippen molar-refractivity contribution in [3.63, 3.8) is 0 Å². The molecule has 0 saturated carbocycles. The summed E-state index contributed by atoms with van der Waals surface area (Å²) in [5.74, 6) is -2.86. The van der Waals surface area contributed by atoms with Gasteiger partial charge in [-0.25, -0.2) is 18.4 Å². The first kappa shape index (κ1) is 15.8. The van der Waals surface area contributed by atoms with Crippen molar-refractivity contribution in [2.75, 3.05) is 6.54 Å². The SMILES string of the molecule is O=C(NCCC(O)C(=O)O)NCc1ccc(F)cc1F. The van der Waals surface area contributed by atoms with Crippen molar-refractivity contribution in [3.05, 3.63) is 35.4 Å². The first-order valence-corrected chi connectivity index (χ1v) is 5.76. The number of carbonyl (C=O) groups is 2. The summed E-state index contributed by atoms with van der Waals surface area (Å²) >= 11 is 0. The third-order valence-electron chi connectivity index (χ3n) is 2.44. The van der Waals surface area contributed by atoms with Crippen LogP contribution in [0.3, 0.4) is 0 Å². The van der Waals surface area contributed by atoms with Crippen LogP contribution < -0.4 is 10.6 Å². The van der Waals surface area contributed by atoms with Gasteiger partial charge < -0.3 is 20.8 Å². The number of benzene rings is 1. The number of carboxylic acid groups (broad SMARTS) is 1. The maximum atomic E-state index is 13.2. The number of urea groups is 1. The third-order valence-corrected chi connectivity index (χ3v) is 2.44. The highest BCUT2D eigenvalue weighted by Gasteiger charge is 2.12. The van der Waals surface area contributed by atoms with E-state index in [1.54, 1.807) is 0 Å². The second kappa shape index (κ2) is 7.39. The van der Waals surface area contributed by atoms with Crippen molar-refractivity contribution in [3.8, 4) is 0 Å². The molecule has 6 nitrogen and oxygen atoms in total. The first-order valence-electron chi connectivity index (χ1n) is 5.76. The lowest BCUT2D eigenvalue weighted by Gasteiger charge is -2.09. The monoisotopic (exact) mass is 288 g/mol. The van der Waals surface area contributed by atoms with Crippen LogP contribution >= 0.6 is 0 Å². The van der Waals surface area contributed by atoms with Gasteiger partial charge in [0.15, 0.2) is 6.10 Å². The summed E-state index contributed by atoms with van der Waals surface area (Å²) in [6.07, 6.45) is -1.70. The topological polar surface area (TPSA) is 98.7 Å². The van der Waals surface area contributed by atoms with E-state index in [0.717, 1.165) is 6.07 Å². The molecule has 1 rings (SSSR count). The molecule has 1 aromatic carbocycles. The van der Waals surface area contributed by atoms with E-state index in [-0.39, 0.29) is 25.1 Å². The number of aliphatic carboxylic acids is 1. The summed E-state index contributed by atoms with van der Waals surface area (Å²) in [7, 11) is 0. The number of hydrogen-bond donors (Lipinski definition) is 4. The van der Waals surface area contributed by atoms with Gasteiger partial charge in [-0.15, -0.1) is 0 Å². The summed E-state index contributed by atoms with van der Waals surface area (Å²) in [5, 5.41) is 22.0. The number of carbonyl (C=O) groups excluding carboxylic acids is 1. The van der Waals surface area contributed by atoms with Crippen molar-refractivity contribution in [1.29, 1.82) is 0 Å². The second-order valence-electron chi connectivity index (χ2n) is 3.99. The smallest absolute Gasteiger partial charge is 0.332 e. The Bertz CT molecular complexity index is 496. The number of aliphatic hydroxyl groups excluding tert-OH is 1. The van der Waals surface area contributed by atoms with Crippen molar-refractivity contribution in [1.82, 2.24) is 10.6 Å². The van der Waals surface area contributed by atoms with Crippen LogP contribution in [0.5, 0.6) is 0 Å². The summed E-state index contributed by atoms with van der Waals surface area (Å²) in [4.78, 5) is 21.6. The third kappa shape index (κ3) is 5.19. The average molecular weight is 288 g/mol. The molecule has 1 atom stereocenters. The molecule has 0 bridgehead atoms. The largest absolute Gasteiger partial charge is 0.479 e. The fourth-order valence-electron chi connectivity index (χ4n) is 1.35. The van der Waals surface area contributed by atoms with Gasteiger partial charge in [-0.1, -0.05) is 6.07 Å². The number of halogens is 2. The van der Waals surface area contributed by atoms with Crippen LogP contribution in [0, 0.1) is 11.6 Å². The van der Waals surface area contributed by atoms with Gasteiger partial charge in [0.1, 0.15) is 11.6 Å². The molecular weight excluding hydrogens is 274 g/mol. The van der Waals surface area contributed by atoms with Crippen molar-refractivity contribution >= 4 is 12.0 Å². The maximum Gasteiger partial charge on any atom is 0.332 e. The first-order chi connectivity index (χ1) is 9.40. The molecule has 0 fully saturated rings. The number of hydrogen-bond acceptors (Lipinski definition) is 3. The summed E-state index contributed by atoms with van der Waals surface area (Å²) in [6.45, 7) is -0.190. The zero-order chi connectivity index (χ0) is 15.1. The summed E-state index contributed by atoms with van der Waals surface area (Å²) < 4.78 is 25.9. The number of amides is 2. The molecule has 0 aliphatic rings. The molecule has 0 aromatic heterocycles. The van der Waals surface area contributed by atoms with E-state index in [4.69, 9.17) is 10.2 Å². The van der Waals surface area contributed by atoms with Gasteiger partial charge in [-0.2, -0.15) is 0 Å². The van der Waals surface area contributed by atoms with Gasteiger partial charge in [0, 0.05) is 31.1 Å². The number of rotatable bonds is 6. The van der Waals surface area contributed by atoms with Gasteiger partial charge in [-0.3, -0.25) is 0 Å². The number of nitrogens with one attached hydrogen (secondary N) is 2. The van der Waals surface area contributed by atoms with E-state index >= 15 is 0 Å². The Morgan fingerprint density at radius 1 is 1.25 bits per heavy atom. The predicted molar refractivity (Wildman–Crippen MR) is 64.9 cm³/mol. The molecule has 8 heteroatoms. The molecule has 0 heterocycles. The summed E-state index contributed by atoms with van der Waals surface area (Å²) in [6, 6.07) is 2.34. The summed E-state index contributed by atoms with van der Waals surface area (Å²) in [5.41, 5.74) is 0.118. The Morgan fingerprint density at radius 2 is 1.95 bits per heavy atom. The number of carboxylic acids is 1. The molecule has 0 saturated heterocycles. The van der Waals surface area contributed by atoms with Crippen LogP contribution in [0.2, 0.25) is 0 Å². The zero-order valence-electron chi connectivity index (χ0n) is 10.4. The molecule has 0 aliphatic carbocycles. The van der Waals surface area contributed by atoms with Crippen molar-refractivity contribution in [2.45, 2.75) is 19.1 Å². The maximum absolute atomic E-state index is 13.2. The van der Waals surface area contributed by atoms with E-state index in [0.29, 0.717) is 6.07 Å².